The molecule has 1 fully saturated rings. The van der Waals surface area contributed by atoms with Crippen LogP contribution >= 0.6 is 0 Å². The van der Waals surface area contributed by atoms with Crippen molar-refractivity contribution in [1.29, 1.82) is 0 Å². The lowest BCUT2D eigenvalue weighted by Gasteiger charge is -1.84. The van der Waals surface area contributed by atoms with Crippen LogP contribution in [0.5, 0.6) is 0 Å². The van der Waals surface area contributed by atoms with Gasteiger partial charge in [0.25, 0.3) is 0 Å². The van der Waals surface area contributed by atoms with E-state index in [4.69, 9.17) is 15.9 Å². The van der Waals surface area contributed by atoms with Gasteiger partial charge in [-0.15, -0.1) is 0 Å². The van der Waals surface area contributed by atoms with Crippen molar-refractivity contribution in [3.05, 3.63) is 0 Å². The molecule has 0 aromatic carbocycles. The Hall–Kier alpha value is -1.10. The largest absolute Gasteiger partial charge is 0.481 e. The minimum Gasteiger partial charge on any atom is -0.481 e. The first-order chi connectivity index (χ1) is 5.09. The van der Waals surface area contributed by atoms with E-state index in [0.717, 1.165) is 0 Å². The Bertz CT molecular complexity index is 183. The van der Waals surface area contributed by atoms with Crippen LogP contribution in [0.1, 0.15) is 0 Å². The molecule has 0 aliphatic heterocycles. The number of rotatable bonds is 3. The van der Waals surface area contributed by atoms with E-state index >= 15 is 0 Å². The topological polar surface area (TPSA) is 101 Å². The number of aliphatic carboxylic acids is 2. The summed E-state index contributed by atoms with van der Waals surface area (Å²) in [5.74, 6) is -4.03. The molecule has 62 valence electrons. The molecule has 0 radical (unpaired) electrons. The molecule has 4 N–H and O–H groups in total. The second-order valence-electron chi connectivity index (χ2n) is 2.63. The minimum absolute atomic E-state index is 0.133. The lowest BCUT2D eigenvalue weighted by Crippen LogP contribution is -2.07. The van der Waals surface area contributed by atoms with Gasteiger partial charge in [-0.1, -0.05) is 0 Å². The first-order valence-corrected chi connectivity index (χ1v) is 3.25. The van der Waals surface area contributed by atoms with Gasteiger partial charge in [0, 0.05) is 0 Å². The summed E-state index contributed by atoms with van der Waals surface area (Å²) in [7, 11) is 0. The van der Waals surface area contributed by atoms with Crippen LogP contribution in [-0.2, 0) is 9.59 Å². The lowest BCUT2D eigenvalue weighted by atomic mass is 10.3. The fraction of sp³-hybridized carbons (Fsp3) is 0.667. The Balaban J connectivity index is 2.59. The molecule has 1 saturated carbocycles. The lowest BCUT2D eigenvalue weighted by molar-refractivity contribution is -0.144. The zero-order valence-electron chi connectivity index (χ0n) is 5.73. The Morgan fingerprint density at radius 2 is 1.55 bits per heavy atom. The van der Waals surface area contributed by atoms with Crippen molar-refractivity contribution >= 4 is 11.9 Å². The maximum Gasteiger partial charge on any atom is 0.307 e. The number of carboxylic acid groups (broad SMARTS) is 2. The van der Waals surface area contributed by atoms with E-state index in [2.05, 4.69) is 0 Å². The third-order valence-electron chi connectivity index (χ3n) is 2.01. The molecule has 1 rings (SSSR count). The third-order valence-corrected chi connectivity index (χ3v) is 2.01. The Labute approximate surface area is 62.8 Å². The predicted molar refractivity (Wildman–Crippen MR) is 34.8 cm³/mol. The molecular weight excluding hydrogens is 150 g/mol. The average Bonchev–Trinajstić information content (AvgIpc) is 2.59. The highest BCUT2D eigenvalue weighted by molar-refractivity contribution is 5.86. The van der Waals surface area contributed by atoms with Gasteiger partial charge in [0.2, 0.25) is 0 Å². The van der Waals surface area contributed by atoms with Crippen LogP contribution in [0.2, 0.25) is 0 Å². The number of hydrogen-bond acceptors (Lipinski definition) is 3. The van der Waals surface area contributed by atoms with Crippen LogP contribution in [0.15, 0.2) is 0 Å². The van der Waals surface area contributed by atoms with Crippen molar-refractivity contribution in [2.75, 3.05) is 6.54 Å². The molecule has 0 aromatic rings. The van der Waals surface area contributed by atoms with E-state index in [1.54, 1.807) is 0 Å². The average molecular weight is 159 g/mol. The summed E-state index contributed by atoms with van der Waals surface area (Å²) in [5, 5.41) is 16.9. The van der Waals surface area contributed by atoms with Crippen LogP contribution in [-0.4, -0.2) is 28.7 Å². The van der Waals surface area contributed by atoms with Crippen LogP contribution < -0.4 is 5.73 Å². The van der Waals surface area contributed by atoms with Gasteiger partial charge in [0.05, 0.1) is 11.8 Å². The number of carbonyl (C=O) groups is 2. The van der Waals surface area contributed by atoms with Crippen LogP contribution in [0.3, 0.4) is 0 Å². The molecule has 2 atom stereocenters. The third kappa shape index (κ3) is 1.19. The van der Waals surface area contributed by atoms with E-state index in [-0.39, 0.29) is 12.5 Å². The van der Waals surface area contributed by atoms with Gasteiger partial charge in [0.1, 0.15) is 0 Å². The molecule has 0 amide bonds. The summed E-state index contributed by atoms with van der Waals surface area (Å²) in [6, 6.07) is 0. The van der Waals surface area contributed by atoms with Crippen molar-refractivity contribution in [3.8, 4) is 0 Å². The van der Waals surface area contributed by atoms with E-state index in [9.17, 15) is 9.59 Å². The number of carboxylic acids is 2. The van der Waals surface area contributed by atoms with Crippen molar-refractivity contribution < 1.29 is 19.8 Å². The van der Waals surface area contributed by atoms with Crippen molar-refractivity contribution in [1.82, 2.24) is 0 Å². The van der Waals surface area contributed by atoms with Gasteiger partial charge in [-0.05, 0) is 12.5 Å². The molecule has 0 bridgehead atoms. The summed E-state index contributed by atoms with van der Waals surface area (Å²) in [4.78, 5) is 20.7. The maximum atomic E-state index is 10.3. The van der Waals surface area contributed by atoms with E-state index in [0.29, 0.717) is 0 Å². The molecule has 1 aliphatic rings. The standard InChI is InChI=1S/C6H9NO4/c7-1-2-3(5(8)9)4(2)6(10)11/h2-4H,1,7H2,(H,8,9)(H,10,11)/t3-,4-/m1/s1. The van der Waals surface area contributed by atoms with Gasteiger partial charge in [-0.25, -0.2) is 0 Å². The van der Waals surface area contributed by atoms with Gasteiger partial charge in [-0.2, -0.15) is 0 Å². The van der Waals surface area contributed by atoms with Crippen LogP contribution in [0, 0.1) is 17.8 Å². The first kappa shape index (κ1) is 8.00. The fourth-order valence-electron chi connectivity index (χ4n) is 1.34. The smallest absolute Gasteiger partial charge is 0.307 e. The van der Waals surface area contributed by atoms with Crippen LogP contribution in [0.4, 0.5) is 0 Å². The van der Waals surface area contributed by atoms with E-state index in [1.165, 1.54) is 0 Å². The summed E-state index contributed by atoms with van der Waals surface area (Å²) >= 11 is 0. The second kappa shape index (κ2) is 2.50. The molecule has 1 aliphatic carbocycles. The van der Waals surface area contributed by atoms with Gasteiger partial charge in [-0.3, -0.25) is 9.59 Å². The zero-order valence-corrected chi connectivity index (χ0v) is 5.73. The normalized spacial score (nSPS) is 34.8. The summed E-state index contributed by atoms with van der Waals surface area (Å²) in [6.07, 6.45) is 0. The molecule has 0 spiro atoms. The maximum absolute atomic E-state index is 10.3. The summed E-state index contributed by atoms with van der Waals surface area (Å²) in [5.41, 5.74) is 5.16. The molecular formula is C6H9NO4. The van der Waals surface area contributed by atoms with Crippen molar-refractivity contribution in [2.24, 2.45) is 23.5 Å². The van der Waals surface area contributed by atoms with Gasteiger partial charge in [0.15, 0.2) is 0 Å². The van der Waals surface area contributed by atoms with Crippen molar-refractivity contribution in [2.45, 2.75) is 0 Å². The summed E-state index contributed by atoms with van der Waals surface area (Å²) < 4.78 is 0. The minimum atomic E-state index is -1.06. The quantitative estimate of drug-likeness (QED) is 0.489. The van der Waals surface area contributed by atoms with Crippen LogP contribution in [0.25, 0.3) is 0 Å². The first-order valence-electron chi connectivity index (χ1n) is 3.25. The number of hydrogen-bond donors (Lipinski definition) is 3. The fourth-order valence-corrected chi connectivity index (χ4v) is 1.34. The molecule has 5 nitrogen and oxygen atoms in total. The van der Waals surface area contributed by atoms with Crippen molar-refractivity contribution in [3.63, 3.8) is 0 Å². The molecule has 0 aromatic heterocycles. The van der Waals surface area contributed by atoms with Gasteiger partial charge >= 0.3 is 11.9 Å². The number of nitrogens with two attached hydrogens (primary N) is 1. The molecule has 0 heterocycles. The summed E-state index contributed by atoms with van der Waals surface area (Å²) in [6.45, 7) is 0.133. The monoisotopic (exact) mass is 159 g/mol. The highest BCUT2D eigenvalue weighted by Gasteiger charge is 2.58. The van der Waals surface area contributed by atoms with E-state index in [1.807, 2.05) is 0 Å². The second-order valence-corrected chi connectivity index (χ2v) is 2.63. The zero-order chi connectivity index (χ0) is 8.59. The highest BCUT2D eigenvalue weighted by Crippen LogP contribution is 2.45. The molecule has 0 saturated heterocycles. The SMILES string of the molecule is NCC1[C@@H](C(=O)O)[C@@H]1C(=O)O. The van der Waals surface area contributed by atoms with Gasteiger partial charge < -0.3 is 15.9 Å². The van der Waals surface area contributed by atoms with E-state index < -0.39 is 23.8 Å². The molecule has 5 heteroatoms. The Morgan fingerprint density at radius 1 is 1.18 bits per heavy atom. The highest BCUT2D eigenvalue weighted by atomic mass is 16.4. The predicted octanol–water partition coefficient (Wildman–Crippen LogP) is -1.02. The molecule has 0 unspecified atom stereocenters. The Kier molecular flexibility index (Phi) is 1.82. The Morgan fingerprint density at radius 3 is 1.64 bits per heavy atom. The molecule has 11 heavy (non-hydrogen) atoms.